The van der Waals surface area contributed by atoms with Gasteiger partial charge >= 0.3 is 0 Å². The van der Waals surface area contributed by atoms with Crippen LogP contribution < -0.4 is 0 Å². The molecule has 0 aliphatic heterocycles. The van der Waals surface area contributed by atoms with Crippen LogP contribution in [0, 0.1) is 0 Å². The highest BCUT2D eigenvalue weighted by Gasteiger charge is 2.01. The highest BCUT2D eigenvalue weighted by Crippen LogP contribution is 2.08. The van der Waals surface area contributed by atoms with Gasteiger partial charge in [-0.2, -0.15) is 5.10 Å². The van der Waals surface area contributed by atoms with Gasteiger partial charge in [0, 0.05) is 0 Å². The third-order valence-electron chi connectivity index (χ3n) is 1.09. The number of aromatic nitrogens is 3. The van der Waals surface area contributed by atoms with Crippen molar-refractivity contribution >= 4 is 12.8 Å². The summed E-state index contributed by atoms with van der Waals surface area (Å²) in [7, 11) is 0. The number of nitrogens with zero attached hydrogens (tertiary/aromatic N) is 3. The molecule has 3 nitrogen and oxygen atoms in total. The lowest BCUT2D eigenvalue weighted by Gasteiger charge is -1.93. The molecule has 0 N–H and O–H groups in total. The van der Waals surface area contributed by atoms with Crippen LogP contribution in [0.1, 0.15) is 25.5 Å². The molecule has 0 aliphatic rings. The normalized spacial score (nSPS) is 10.7. The Morgan fingerprint density at radius 3 is 2.56 bits per heavy atom. The maximum absolute atomic E-state index is 3.98. The first-order chi connectivity index (χ1) is 4.20. The van der Waals surface area contributed by atoms with E-state index in [1.54, 1.807) is 6.20 Å². The predicted octanol–water partition coefficient (Wildman–Crippen LogP) is 1.09. The fourth-order valence-electron chi connectivity index (χ4n) is 0.530. The quantitative estimate of drug-likeness (QED) is 0.597. The summed E-state index contributed by atoms with van der Waals surface area (Å²) >= 11 is 3.89. The molecule has 0 unspecified atom stereocenters. The van der Waals surface area contributed by atoms with Gasteiger partial charge in [-0.3, -0.25) is 0 Å². The van der Waals surface area contributed by atoms with Crippen molar-refractivity contribution in [1.29, 1.82) is 0 Å². The topological polar surface area (TPSA) is 30.7 Å². The zero-order valence-electron chi connectivity index (χ0n) is 5.44. The van der Waals surface area contributed by atoms with Gasteiger partial charge in [0.05, 0.1) is 11.9 Å². The molecule has 9 heavy (non-hydrogen) atoms. The SMILES string of the molecule is CC(C)c1cnn(S)n1. The molecule has 1 aromatic rings. The molecule has 0 amide bonds. The van der Waals surface area contributed by atoms with E-state index in [4.69, 9.17) is 0 Å². The third kappa shape index (κ3) is 1.45. The summed E-state index contributed by atoms with van der Waals surface area (Å²) in [6.45, 7) is 4.13. The Labute approximate surface area is 59.6 Å². The summed E-state index contributed by atoms with van der Waals surface area (Å²) < 4.78 is 1.27. The summed E-state index contributed by atoms with van der Waals surface area (Å²) in [5, 5.41) is 7.79. The highest BCUT2D eigenvalue weighted by molar-refractivity contribution is 7.78. The number of hydrogen-bond acceptors (Lipinski definition) is 3. The van der Waals surface area contributed by atoms with Crippen LogP contribution in [-0.4, -0.2) is 14.4 Å². The molecule has 0 fully saturated rings. The third-order valence-corrected chi connectivity index (χ3v) is 1.28. The molecule has 0 spiro atoms. The summed E-state index contributed by atoms with van der Waals surface area (Å²) in [4.78, 5) is 0. The van der Waals surface area contributed by atoms with Gasteiger partial charge in [0.2, 0.25) is 0 Å². The number of thiol groups is 1. The largest absolute Gasteiger partial charge is 0.150 e. The van der Waals surface area contributed by atoms with Crippen molar-refractivity contribution in [1.82, 2.24) is 14.4 Å². The summed E-state index contributed by atoms with van der Waals surface area (Å²) in [5.41, 5.74) is 0.977. The summed E-state index contributed by atoms with van der Waals surface area (Å²) in [6.07, 6.45) is 1.72. The second-order valence-electron chi connectivity index (χ2n) is 2.19. The molecule has 0 aromatic carbocycles. The minimum absolute atomic E-state index is 0.436. The second-order valence-corrected chi connectivity index (χ2v) is 2.55. The van der Waals surface area contributed by atoms with Crippen LogP contribution in [0.5, 0.6) is 0 Å². The second kappa shape index (κ2) is 2.39. The van der Waals surface area contributed by atoms with E-state index in [1.807, 2.05) is 0 Å². The number of hydrogen-bond donors (Lipinski definition) is 1. The van der Waals surface area contributed by atoms with Crippen molar-refractivity contribution in [3.05, 3.63) is 11.9 Å². The molecule has 0 radical (unpaired) electrons. The lowest BCUT2D eigenvalue weighted by atomic mass is 10.2. The maximum atomic E-state index is 3.98. The Morgan fingerprint density at radius 2 is 2.33 bits per heavy atom. The van der Waals surface area contributed by atoms with Gasteiger partial charge in [-0.15, -0.1) is 9.30 Å². The minimum atomic E-state index is 0.436. The van der Waals surface area contributed by atoms with E-state index in [-0.39, 0.29) is 0 Å². The Kier molecular flexibility index (Phi) is 1.75. The van der Waals surface area contributed by atoms with E-state index in [0.29, 0.717) is 5.92 Å². The van der Waals surface area contributed by atoms with Crippen molar-refractivity contribution < 1.29 is 0 Å². The summed E-state index contributed by atoms with van der Waals surface area (Å²) in [5.74, 6) is 0.436. The molecular formula is C5H9N3S. The Morgan fingerprint density at radius 1 is 1.67 bits per heavy atom. The van der Waals surface area contributed by atoms with Crippen LogP contribution in [0.2, 0.25) is 0 Å². The van der Waals surface area contributed by atoms with Gasteiger partial charge in [0.15, 0.2) is 0 Å². The van der Waals surface area contributed by atoms with E-state index < -0.39 is 0 Å². The summed E-state index contributed by atoms with van der Waals surface area (Å²) in [6, 6.07) is 0. The van der Waals surface area contributed by atoms with Crippen LogP contribution >= 0.6 is 12.8 Å². The first kappa shape index (κ1) is 6.61. The molecule has 1 heterocycles. The molecule has 4 heteroatoms. The van der Waals surface area contributed by atoms with Crippen LogP contribution in [0.4, 0.5) is 0 Å². The van der Waals surface area contributed by atoms with Crippen molar-refractivity contribution in [3.63, 3.8) is 0 Å². The standard InChI is InChI=1S/C5H9N3S/c1-4(2)5-3-6-8(9)7-5/h3-4,9H,1-2H3. The molecule has 1 rings (SSSR count). The minimum Gasteiger partial charge on any atom is -0.150 e. The molecule has 1 aromatic heterocycles. The van der Waals surface area contributed by atoms with Gasteiger partial charge in [0.25, 0.3) is 0 Å². The van der Waals surface area contributed by atoms with Crippen LogP contribution in [0.25, 0.3) is 0 Å². The van der Waals surface area contributed by atoms with Crippen molar-refractivity contribution in [2.24, 2.45) is 0 Å². The highest BCUT2D eigenvalue weighted by atomic mass is 32.1. The smallest absolute Gasteiger partial charge is 0.0863 e. The van der Waals surface area contributed by atoms with Gasteiger partial charge in [-0.05, 0) is 18.7 Å². The first-order valence-corrected chi connectivity index (χ1v) is 3.21. The van der Waals surface area contributed by atoms with Gasteiger partial charge in [-0.25, -0.2) is 0 Å². The predicted molar refractivity (Wildman–Crippen MR) is 38.5 cm³/mol. The Bertz CT molecular complexity index is 194. The zero-order valence-corrected chi connectivity index (χ0v) is 6.34. The first-order valence-electron chi connectivity index (χ1n) is 2.81. The van der Waals surface area contributed by atoms with Crippen molar-refractivity contribution in [2.45, 2.75) is 19.8 Å². The van der Waals surface area contributed by atoms with Crippen molar-refractivity contribution in [2.75, 3.05) is 0 Å². The fraction of sp³-hybridized carbons (Fsp3) is 0.600. The van der Waals surface area contributed by atoms with E-state index >= 15 is 0 Å². The van der Waals surface area contributed by atoms with E-state index in [2.05, 4.69) is 36.9 Å². The Hall–Kier alpha value is -0.510. The number of rotatable bonds is 1. The van der Waals surface area contributed by atoms with Crippen LogP contribution in [0.3, 0.4) is 0 Å². The monoisotopic (exact) mass is 143 g/mol. The van der Waals surface area contributed by atoms with Crippen LogP contribution in [0.15, 0.2) is 6.20 Å². The van der Waals surface area contributed by atoms with Crippen LogP contribution in [-0.2, 0) is 0 Å². The van der Waals surface area contributed by atoms with Gasteiger partial charge in [-0.1, -0.05) is 13.8 Å². The van der Waals surface area contributed by atoms with Gasteiger partial charge < -0.3 is 0 Å². The lowest BCUT2D eigenvalue weighted by Crippen LogP contribution is -1.89. The van der Waals surface area contributed by atoms with Gasteiger partial charge in [0.1, 0.15) is 0 Å². The lowest BCUT2D eigenvalue weighted by molar-refractivity contribution is 0.784. The average Bonchev–Trinajstić information content (AvgIpc) is 2.14. The molecule has 0 aliphatic carbocycles. The van der Waals surface area contributed by atoms with E-state index in [9.17, 15) is 0 Å². The molecule has 0 saturated heterocycles. The van der Waals surface area contributed by atoms with E-state index in [0.717, 1.165) is 5.69 Å². The Balaban J connectivity index is 2.85. The van der Waals surface area contributed by atoms with Crippen molar-refractivity contribution in [3.8, 4) is 0 Å². The molecular weight excluding hydrogens is 134 g/mol. The average molecular weight is 143 g/mol. The maximum Gasteiger partial charge on any atom is 0.0863 e. The molecule has 50 valence electrons. The molecule has 0 bridgehead atoms. The molecule has 0 atom stereocenters. The van der Waals surface area contributed by atoms with E-state index in [1.165, 1.54) is 4.20 Å². The molecule has 0 saturated carbocycles. The zero-order chi connectivity index (χ0) is 6.85. The fourth-order valence-corrected chi connectivity index (χ4v) is 0.685.